The molecular weight excluding hydrogens is 318 g/mol. The van der Waals surface area contributed by atoms with E-state index in [1.54, 1.807) is 7.11 Å². The number of nitrogens with zero attached hydrogens (tertiary/aromatic N) is 1. The zero-order valence-electron chi connectivity index (χ0n) is 12.5. The van der Waals surface area contributed by atoms with Gasteiger partial charge < -0.3 is 24.9 Å². The Morgan fingerprint density at radius 3 is 2.78 bits per heavy atom. The number of carboxylic acid groups (broad SMARTS) is 1. The molecule has 0 bridgehead atoms. The van der Waals surface area contributed by atoms with Gasteiger partial charge in [-0.1, -0.05) is 23.9 Å². The van der Waals surface area contributed by atoms with E-state index in [-0.39, 0.29) is 10.9 Å². The number of hydrogen-bond acceptors (Lipinski definition) is 6. The number of carboxylic acids is 1. The fourth-order valence-electron chi connectivity index (χ4n) is 1.83. The number of methoxy groups -OCH3 is 1. The van der Waals surface area contributed by atoms with Gasteiger partial charge in [0.25, 0.3) is 0 Å². The highest BCUT2D eigenvalue weighted by molar-refractivity contribution is 8.00. The van der Waals surface area contributed by atoms with E-state index in [9.17, 15) is 9.59 Å². The van der Waals surface area contributed by atoms with Crippen molar-refractivity contribution in [2.45, 2.75) is 17.0 Å². The molecular formula is C15H17N3O4S. The smallest absolute Gasteiger partial charge is 0.353 e. The maximum absolute atomic E-state index is 11.1. The lowest BCUT2D eigenvalue weighted by atomic mass is 10.2. The third kappa shape index (κ3) is 5.11. The monoisotopic (exact) mass is 335 g/mol. The SMILES string of the molecule is COc1ccc(CNCC(C=O)Sc2ncc(C(=O)O)[nH]2)cc1. The van der Waals surface area contributed by atoms with Crippen molar-refractivity contribution in [2.75, 3.05) is 13.7 Å². The summed E-state index contributed by atoms with van der Waals surface area (Å²) in [4.78, 5) is 28.5. The maximum Gasteiger partial charge on any atom is 0.353 e. The summed E-state index contributed by atoms with van der Waals surface area (Å²) >= 11 is 1.19. The first-order chi connectivity index (χ1) is 11.1. The van der Waals surface area contributed by atoms with Crippen LogP contribution in [0.1, 0.15) is 16.1 Å². The summed E-state index contributed by atoms with van der Waals surface area (Å²) in [6, 6.07) is 7.64. The van der Waals surface area contributed by atoms with Crippen molar-refractivity contribution in [3.05, 3.63) is 41.7 Å². The molecule has 1 atom stereocenters. The second-order valence-electron chi connectivity index (χ2n) is 4.68. The highest BCUT2D eigenvalue weighted by Crippen LogP contribution is 2.18. The number of rotatable bonds is 9. The van der Waals surface area contributed by atoms with E-state index < -0.39 is 5.97 Å². The highest BCUT2D eigenvalue weighted by Gasteiger charge is 2.13. The van der Waals surface area contributed by atoms with Gasteiger partial charge in [-0.15, -0.1) is 0 Å². The van der Waals surface area contributed by atoms with Gasteiger partial charge in [0, 0.05) is 13.1 Å². The number of H-pyrrole nitrogens is 1. The molecule has 0 saturated carbocycles. The van der Waals surface area contributed by atoms with E-state index in [0.29, 0.717) is 18.2 Å². The first-order valence-electron chi connectivity index (χ1n) is 6.86. The molecule has 0 amide bonds. The van der Waals surface area contributed by atoms with E-state index in [1.165, 1.54) is 18.0 Å². The molecule has 2 aromatic rings. The van der Waals surface area contributed by atoms with Crippen LogP contribution in [0.4, 0.5) is 0 Å². The quantitative estimate of drug-likeness (QED) is 0.472. The van der Waals surface area contributed by atoms with Crippen LogP contribution >= 0.6 is 11.8 Å². The van der Waals surface area contributed by atoms with Crippen molar-refractivity contribution in [3.8, 4) is 5.75 Å². The van der Waals surface area contributed by atoms with Crippen molar-refractivity contribution in [3.63, 3.8) is 0 Å². The number of aldehydes is 1. The summed E-state index contributed by atoms with van der Waals surface area (Å²) in [5.41, 5.74) is 1.08. The lowest BCUT2D eigenvalue weighted by Gasteiger charge is -2.10. The summed E-state index contributed by atoms with van der Waals surface area (Å²) < 4.78 is 5.09. The molecule has 0 aliphatic heterocycles. The van der Waals surface area contributed by atoms with Crippen LogP contribution in [0.3, 0.4) is 0 Å². The van der Waals surface area contributed by atoms with Crippen molar-refractivity contribution in [1.82, 2.24) is 15.3 Å². The highest BCUT2D eigenvalue weighted by atomic mass is 32.2. The Hall–Kier alpha value is -2.32. The number of aromatic carboxylic acids is 1. The molecule has 23 heavy (non-hydrogen) atoms. The number of aromatic amines is 1. The minimum atomic E-state index is -1.08. The van der Waals surface area contributed by atoms with Crippen LogP contribution in [0.2, 0.25) is 0 Å². The van der Waals surface area contributed by atoms with Gasteiger partial charge in [0.15, 0.2) is 5.16 Å². The second-order valence-corrected chi connectivity index (χ2v) is 5.91. The molecule has 122 valence electrons. The first kappa shape index (κ1) is 17.0. The number of benzene rings is 1. The minimum Gasteiger partial charge on any atom is -0.497 e. The third-order valence-electron chi connectivity index (χ3n) is 3.03. The number of aromatic nitrogens is 2. The van der Waals surface area contributed by atoms with E-state index in [0.717, 1.165) is 17.6 Å². The lowest BCUT2D eigenvalue weighted by molar-refractivity contribution is -0.107. The van der Waals surface area contributed by atoms with Crippen molar-refractivity contribution in [1.29, 1.82) is 0 Å². The van der Waals surface area contributed by atoms with E-state index in [2.05, 4.69) is 15.3 Å². The molecule has 1 heterocycles. The topological polar surface area (TPSA) is 104 Å². The Morgan fingerprint density at radius 2 is 2.22 bits per heavy atom. The van der Waals surface area contributed by atoms with Crippen LogP contribution in [-0.4, -0.2) is 46.2 Å². The fourth-order valence-corrected chi connectivity index (χ4v) is 2.66. The van der Waals surface area contributed by atoms with Gasteiger partial charge in [-0.25, -0.2) is 9.78 Å². The summed E-state index contributed by atoms with van der Waals surface area (Å²) in [6.45, 7) is 1.07. The molecule has 1 unspecified atom stereocenters. The molecule has 7 nitrogen and oxygen atoms in total. The van der Waals surface area contributed by atoms with Crippen LogP contribution in [0.5, 0.6) is 5.75 Å². The number of carbonyl (C=O) groups is 2. The van der Waals surface area contributed by atoms with Crippen LogP contribution < -0.4 is 10.1 Å². The molecule has 0 fully saturated rings. The fraction of sp³-hybridized carbons (Fsp3) is 0.267. The van der Waals surface area contributed by atoms with Gasteiger partial charge in [-0.05, 0) is 17.7 Å². The van der Waals surface area contributed by atoms with Crippen LogP contribution in [-0.2, 0) is 11.3 Å². The average Bonchev–Trinajstić information content (AvgIpc) is 3.03. The van der Waals surface area contributed by atoms with Crippen LogP contribution in [0, 0.1) is 0 Å². The number of imidazole rings is 1. The van der Waals surface area contributed by atoms with E-state index in [1.807, 2.05) is 24.3 Å². The average molecular weight is 335 g/mol. The van der Waals surface area contributed by atoms with Gasteiger partial charge in [0.05, 0.1) is 18.6 Å². The number of carbonyl (C=O) groups excluding carboxylic acids is 1. The summed E-state index contributed by atoms with van der Waals surface area (Å²) in [5, 5.41) is 12.1. The van der Waals surface area contributed by atoms with E-state index in [4.69, 9.17) is 9.84 Å². The molecule has 0 aliphatic rings. The molecule has 8 heteroatoms. The van der Waals surface area contributed by atoms with Crippen molar-refractivity contribution < 1.29 is 19.4 Å². The van der Waals surface area contributed by atoms with Gasteiger partial charge in [0.1, 0.15) is 17.7 Å². The molecule has 0 radical (unpaired) electrons. The van der Waals surface area contributed by atoms with Crippen LogP contribution in [0.25, 0.3) is 0 Å². The summed E-state index contributed by atoms with van der Waals surface area (Å²) in [6.07, 6.45) is 2.05. The molecule has 0 spiro atoms. The summed E-state index contributed by atoms with van der Waals surface area (Å²) in [5.74, 6) is -0.285. The molecule has 3 N–H and O–H groups in total. The molecule has 1 aromatic heterocycles. The van der Waals surface area contributed by atoms with Gasteiger partial charge in [-0.3, -0.25) is 0 Å². The Bertz CT molecular complexity index is 657. The van der Waals surface area contributed by atoms with Gasteiger partial charge >= 0.3 is 5.97 Å². The second kappa shape index (κ2) is 8.35. The van der Waals surface area contributed by atoms with Crippen LogP contribution in [0.15, 0.2) is 35.6 Å². The molecule has 2 rings (SSSR count). The van der Waals surface area contributed by atoms with Crippen molar-refractivity contribution in [2.24, 2.45) is 0 Å². The largest absolute Gasteiger partial charge is 0.497 e. The normalized spacial score (nSPS) is 11.9. The minimum absolute atomic E-state index is 0.00309. The first-order valence-corrected chi connectivity index (χ1v) is 7.74. The van der Waals surface area contributed by atoms with Gasteiger partial charge in [0.2, 0.25) is 0 Å². The Morgan fingerprint density at radius 1 is 1.48 bits per heavy atom. The number of thioether (sulfide) groups is 1. The van der Waals surface area contributed by atoms with Crippen molar-refractivity contribution >= 4 is 24.0 Å². The van der Waals surface area contributed by atoms with E-state index >= 15 is 0 Å². The standard InChI is InChI=1S/C15H17N3O4S/c1-22-11-4-2-10(3-5-11)6-16-7-12(9-19)23-15-17-8-13(18-15)14(20)21/h2-5,8-9,12,16H,6-7H2,1H3,(H,17,18)(H,20,21). The Labute approximate surface area is 137 Å². The predicted molar refractivity (Wildman–Crippen MR) is 86.0 cm³/mol. The zero-order chi connectivity index (χ0) is 16.7. The predicted octanol–water partition coefficient (Wildman–Crippen LogP) is 1.57. The maximum atomic E-state index is 11.1. The lowest BCUT2D eigenvalue weighted by Crippen LogP contribution is -2.25. The third-order valence-corrected chi connectivity index (χ3v) is 4.04. The Balaban J connectivity index is 1.81. The molecule has 0 saturated heterocycles. The van der Waals surface area contributed by atoms with Gasteiger partial charge in [-0.2, -0.15) is 0 Å². The zero-order valence-corrected chi connectivity index (χ0v) is 13.3. The Kier molecular flexibility index (Phi) is 6.19. The molecule has 1 aromatic carbocycles. The number of nitrogens with one attached hydrogen (secondary N) is 2. The summed E-state index contributed by atoms with van der Waals surface area (Å²) in [7, 11) is 1.61. The molecule has 0 aliphatic carbocycles. The number of hydrogen-bond donors (Lipinski definition) is 3. The number of ether oxygens (including phenoxy) is 1.